The summed E-state index contributed by atoms with van der Waals surface area (Å²) in [4.78, 5) is 28.7. The van der Waals surface area contributed by atoms with E-state index in [1.165, 1.54) is 16.3 Å². The summed E-state index contributed by atoms with van der Waals surface area (Å²) in [5, 5.41) is 12.7. The summed E-state index contributed by atoms with van der Waals surface area (Å²) in [6.45, 7) is 9.54. The van der Waals surface area contributed by atoms with Gasteiger partial charge in [0.1, 0.15) is 5.82 Å². The Bertz CT molecular complexity index is 951. The van der Waals surface area contributed by atoms with Gasteiger partial charge in [-0.05, 0) is 13.8 Å². The van der Waals surface area contributed by atoms with Crippen molar-refractivity contribution in [2.45, 2.75) is 40.0 Å². The van der Waals surface area contributed by atoms with Crippen LogP contribution in [0, 0.1) is 0 Å². The van der Waals surface area contributed by atoms with Gasteiger partial charge in [-0.15, -0.1) is 10.2 Å². The number of imidazole rings is 1. The average Bonchev–Trinajstić information content (AvgIpc) is 3.11. The highest BCUT2D eigenvalue weighted by Gasteiger charge is 2.29. The summed E-state index contributed by atoms with van der Waals surface area (Å²) in [5.41, 5.74) is 6.58. The number of nitrogens with two attached hydrogens (primary N) is 1. The van der Waals surface area contributed by atoms with E-state index >= 15 is 0 Å². The van der Waals surface area contributed by atoms with Crippen molar-refractivity contribution in [1.29, 1.82) is 0 Å². The molecule has 0 fully saturated rings. The Morgan fingerprint density at radius 1 is 1.07 bits per heavy atom. The Balaban J connectivity index is 2.56. The van der Waals surface area contributed by atoms with Gasteiger partial charge in [0.25, 0.3) is 5.95 Å². The maximum Gasteiger partial charge on any atom is 0.359 e. The number of anilines is 1. The van der Waals surface area contributed by atoms with Gasteiger partial charge in [-0.2, -0.15) is 5.10 Å². The summed E-state index contributed by atoms with van der Waals surface area (Å²) < 4.78 is 12.9. The molecule has 0 radical (unpaired) electrons. The van der Waals surface area contributed by atoms with Crippen molar-refractivity contribution in [3.8, 4) is 0 Å². The lowest BCUT2D eigenvalue weighted by Gasteiger charge is -2.15. The first-order valence-electron chi connectivity index (χ1n) is 9.18. The molecule has 2 aromatic heterocycles. The lowest BCUT2D eigenvalue weighted by molar-refractivity contribution is 0.0468. The quantitative estimate of drug-likeness (QED) is 0.576. The number of hydrogen-bond acceptors (Lipinski definition) is 9. The number of azo groups is 1. The topological polar surface area (TPSA) is 139 Å². The number of carbonyl (C=O) groups excluding carboxylic acids is 2. The molecule has 2 rings (SSSR count). The molecule has 2 N–H and O–H groups in total. The molecular formula is C18H27N7O4. The highest BCUT2D eigenvalue weighted by atomic mass is 16.5. The number of carbonyl (C=O) groups is 2. The summed E-state index contributed by atoms with van der Waals surface area (Å²) in [5.74, 6) is -1.09. The van der Waals surface area contributed by atoms with Gasteiger partial charge in [-0.3, -0.25) is 4.68 Å². The molecule has 0 amide bonds. The molecule has 0 aliphatic carbocycles. The van der Waals surface area contributed by atoms with Crippen molar-refractivity contribution in [2.75, 3.05) is 18.9 Å². The molecule has 0 saturated heterocycles. The minimum absolute atomic E-state index is 0.0271. The van der Waals surface area contributed by atoms with Crippen LogP contribution in [0.25, 0.3) is 0 Å². The number of esters is 2. The zero-order chi connectivity index (χ0) is 21.9. The molecule has 11 heteroatoms. The third-order valence-corrected chi connectivity index (χ3v) is 4.02. The van der Waals surface area contributed by atoms with Gasteiger partial charge in [-0.25, -0.2) is 14.6 Å². The van der Waals surface area contributed by atoms with E-state index in [1.807, 2.05) is 20.8 Å². The Morgan fingerprint density at radius 2 is 1.66 bits per heavy atom. The predicted molar refractivity (Wildman–Crippen MR) is 106 cm³/mol. The second-order valence-corrected chi connectivity index (χ2v) is 7.27. The van der Waals surface area contributed by atoms with Gasteiger partial charge in [0.05, 0.1) is 18.9 Å². The van der Waals surface area contributed by atoms with Crippen molar-refractivity contribution in [3.05, 3.63) is 17.1 Å². The predicted octanol–water partition coefficient (Wildman–Crippen LogP) is 2.80. The van der Waals surface area contributed by atoms with Crippen molar-refractivity contribution >= 4 is 29.4 Å². The summed E-state index contributed by atoms with van der Waals surface area (Å²) in [7, 11) is 3.25. The Kier molecular flexibility index (Phi) is 6.40. The smallest absolute Gasteiger partial charge is 0.359 e. The minimum Gasteiger partial charge on any atom is -0.461 e. The summed E-state index contributed by atoms with van der Waals surface area (Å²) in [6.07, 6.45) is 0. The lowest BCUT2D eigenvalue weighted by atomic mass is 9.91. The Labute approximate surface area is 168 Å². The van der Waals surface area contributed by atoms with Gasteiger partial charge >= 0.3 is 11.9 Å². The first kappa shape index (κ1) is 22.1. The van der Waals surface area contributed by atoms with E-state index in [0.29, 0.717) is 17.2 Å². The summed E-state index contributed by atoms with van der Waals surface area (Å²) in [6, 6.07) is 0. The maximum atomic E-state index is 12.3. The number of rotatable bonds is 6. The van der Waals surface area contributed by atoms with Crippen LogP contribution in [0.5, 0.6) is 0 Å². The molecular weight excluding hydrogens is 378 g/mol. The first-order chi connectivity index (χ1) is 13.5. The van der Waals surface area contributed by atoms with Crippen LogP contribution in [0.1, 0.15) is 61.3 Å². The molecule has 0 aliphatic rings. The molecule has 29 heavy (non-hydrogen) atoms. The van der Waals surface area contributed by atoms with E-state index in [4.69, 9.17) is 15.2 Å². The van der Waals surface area contributed by atoms with E-state index < -0.39 is 11.9 Å². The van der Waals surface area contributed by atoms with Crippen molar-refractivity contribution in [1.82, 2.24) is 19.3 Å². The monoisotopic (exact) mass is 405 g/mol. The second kappa shape index (κ2) is 8.41. The normalized spacial score (nSPS) is 11.8. The zero-order valence-electron chi connectivity index (χ0n) is 17.8. The molecule has 0 saturated carbocycles. The second-order valence-electron chi connectivity index (χ2n) is 7.27. The molecule has 0 aromatic carbocycles. The number of aromatic nitrogens is 4. The Hall–Kier alpha value is -3.24. The van der Waals surface area contributed by atoms with Crippen LogP contribution in [0.15, 0.2) is 10.2 Å². The van der Waals surface area contributed by atoms with E-state index in [9.17, 15) is 9.59 Å². The van der Waals surface area contributed by atoms with Gasteiger partial charge in [0.15, 0.2) is 17.1 Å². The fraction of sp³-hybridized carbons (Fsp3) is 0.556. The highest BCUT2D eigenvalue weighted by Crippen LogP contribution is 2.36. The fourth-order valence-electron chi connectivity index (χ4n) is 2.58. The van der Waals surface area contributed by atoms with E-state index in [-0.39, 0.29) is 36.0 Å². The molecule has 0 bridgehead atoms. The molecule has 0 spiro atoms. The molecule has 0 atom stereocenters. The summed E-state index contributed by atoms with van der Waals surface area (Å²) >= 11 is 0. The van der Waals surface area contributed by atoms with Crippen LogP contribution in [0.3, 0.4) is 0 Å². The van der Waals surface area contributed by atoms with Crippen molar-refractivity contribution < 1.29 is 19.1 Å². The average molecular weight is 405 g/mol. The molecule has 0 unspecified atom stereocenters. The van der Waals surface area contributed by atoms with Crippen LogP contribution >= 0.6 is 0 Å². The van der Waals surface area contributed by atoms with Crippen LogP contribution < -0.4 is 5.73 Å². The van der Waals surface area contributed by atoms with E-state index in [1.54, 1.807) is 20.9 Å². The number of nitrogen functional groups attached to an aromatic ring is 1. The number of aryl methyl sites for hydroxylation is 1. The third-order valence-electron chi connectivity index (χ3n) is 4.02. The van der Waals surface area contributed by atoms with Crippen LogP contribution in [0.2, 0.25) is 0 Å². The highest BCUT2D eigenvalue weighted by molar-refractivity contribution is 6.01. The lowest BCUT2D eigenvalue weighted by Crippen LogP contribution is -2.16. The minimum atomic E-state index is -0.746. The molecule has 158 valence electrons. The molecule has 2 heterocycles. The van der Waals surface area contributed by atoms with Crippen LogP contribution in [-0.4, -0.2) is 44.5 Å². The van der Waals surface area contributed by atoms with Gasteiger partial charge in [0.2, 0.25) is 0 Å². The first-order valence-corrected chi connectivity index (χ1v) is 9.18. The van der Waals surface area contributed by atoms with Crippen molar-refractivity contribution in [3.63, 3.8) is 0 Å². The largest absolute Gasteiger partial charge is 0.461 e. The van der Waals surface area contributed by atoms with Gasteiger partial charge in [0, 0.05) is 19.5 Å². The fourth-order valence-corrected chi connectivity index (χ4v) is 2.58. The number of ether oxygens (including phenoxy) is 2. The Morgan fingerprint density at radius 3 is 2.21 bits per heavy atom. The number of nitrogens with zero attached hydrogens (tertiary/aromatic N) is 6. The molecule has 2 aromatic rings. The molecule has 0 aliphatic heterocycles. The van der Waals surface area contributed by atoms with Gasteiger partial charge < -0.3 is 19.8 Å². The number of hydrogen-bond donors (Lipinski definition) is 1. The van der Waals surface area contributed by atoms with Crippen molar-refractivity contribution in [2.24, 2.45) is 24.3 Å². The zero-order valence-corrected chi connectivity index (χ0v) is 17.8. The van der Waals surface area contributed by atoms with Crippen LogP contribution in [-0.2, 0) is 29.0 Å². The standard InChI is InChI=1S/C18H27N7O4/c1-8-28-15(26)10-12(16(27)29-9-2)24(6)17(20-10)22-21-11-13(18(3,4)5)23-25(7)14(11)19/h8-9,19H2,1-7H3. The van der Waals surface area contributed by atoms with Crippen LogP contribution in [0.4, 0.5) is 17.5 Å². The SMILES string of the molecule is CCOC(=O)c1nc(N=Nc2c(C(C)(C)C)nn(C)c2N)n(C)c1C(=O)OCC. The van der Waals surface area contributed by atoms with Gasteiger partial charge in [-0.1, -0.05) is 20.8 Å². The third kappa shape index (κ3) is 4.44. The maximum absolute atomic E-state index is 12.3. The van der Waals surface area contributed by atoms with E-state index in [2.05, 4.69) is 20.3 Å². The molecule has 11 nitrogen and oxygen atoms in total. The van der Waals surface area contributed by atoms with E-state index in [0.717, 1.165) is 0 Å².